The van der Waals surface area contributed by atoms with Gasteiger partial charge in [-0.1, -0.05) is 111 Å². The highest BCUT2D eigenvalue weighted by atomic mass is 32.1. The van der Waals surface area contributed by atoms with Crippen LogP contribution in [-0.2, 0) is 5.41 Å². The number of para-hydroxylation sites is 2. The normalized spacial score (nSPS) is 13.7. The summed E-state index contributed by atoms with van der Waals surface area (Å²) in [6, 6.07) is 46.0. The SMILES string of the molecule is CC1(C)c2ccccc2-c2ccc(-c3nc(-n4c5ccccc5c5c6sc7ccccc7c6ccc54)nc4ccccc34)cc21. The fourth-order valence-corrected chi connectivity index (χ4v) is 8.95. The van der Waals surface area contributed by atoms with Crippen LogP contribution in [0.15, 0.2) is 127 Å². The van der Waals surface area contributed by atoms with Crippen molar-refractivity contribution in [3.63, 3.8) is 0 Å². The summed E-state index contributed by atoms with van der Waals surface area (Å²) in [5.41, 5.74) is 10.5. The van der Waals surface area contributed by atoms with Crippen molar-refractivity contribution in [3.8, 4) is 28.3 Å². The first-order valence-corrected chi connectivity index (χ1v) is 16.2. The Morgan fingerprint density at radius 1 is 0.578 bits per heavy atom. The van der Waals surface area contributed by atoms with Gasteiger partial charge < -0.3 is 0 Å². The molecule has 0 N–H and O–H groups in total. The fraction of sp³-hybridized carbons (Fsp3) is 0.0732. The van der Waals surface area contributed by atoms with Crippen molar-refractivity contribution in [2.75, 3.05) is 0 Å². The highest BCUT2D eigenvalue weighted by Gasteiger charge is 2.35. The molecule has 0 aliphatic heterocycles. The minimum Gasteiger partial charge on any atom is -0.278 e. The molecule has 1 aliphatic carbocycles. The molecule has 0 unspecified atom stereocenters. The van der Waals surface area contributed by atoms with E-state index in [4.69, 9.17) is 9.97 Å². The molecule has 3 aromatic heterocycles. The van der Waals surface area contributed by atoms with Crippen molar-refractivity contribution >= 4 is 64.2 Å². The van der Waals surface area contributed by atoms with Gasteiger partial charge >= 0.3 is 0 Å². The Morgan fingerprint density at radius 3 is 2.22 bits per heavy atom. The Hall–Kier alpha value is -5.32. The van der Waals surface area contributed by atoms with Crippen LogP contribution in [-0.4, -0.2) is 14.5 Å². The first-order valence-electron chi connectivity index (χ1n) is 15.4. The van der Waals surface area contributed by atoms with Crippen LogP contribution in [0.1, 0.15) is 25.0 Å². The van der Waals surface area contributed by atoms with Gasteiger partial charge in [-0.3, -0.25) is 4.57 Å². The molecule has 10 rings (SSSR count). The lowest BCUT2D eigenvalue weighted by molar-refractivity contribution is 0.660. The number of rotatable bonds is 2. The zero-order chi connectivity index (χ0) is 29.9. The maximum absolute atomic E-state index is 5.41. The molecule has 1 aliphatic rings. The van der Waals surface area contributed by atoms with E-state index in [0.29, 0.717) is 5.95 Å². The molecule has 9 aromatic rings. The molecule has 0 spiro atoms. The van der Waals surface area contributed by atoms with Gasteiger partial charge in [0.05, 0.1) is 22.2 Å². The van der Waals surface area contributed by atoms with Crippen LogP contribution in [0.5, 0.6) is 0 Å². The average Bonchev–Trinajstić information content (AvgIpc) is 3.70. The summed E-state index contributed by atoms with van der Waals surface area (Å²) in [6.07, 6.45) is 0. The van der Waals surface area contributed by atoms with Crippen molar-refractivity contribution in [2.24, 2.45) is 0 Å². The quantitative estimate of drug-likeness (QED) is 0.200. The van der Waals surface area contributed by atoms with Crippen LogP contribution in [0.4, 0.5) is 0 Å². The Balaban J connectivity index is 1.26. The van der Waals surface area contributed by atoms with Crippen molar-refractivity contribution in [1.82, 2.24) is 14.5 Å². The molecular formula is C41H27N3S. The number of fused-ring (bicyclic) bond motifs is 11. The summed E-state index contributed by atoms with van der Waals surface area (Å²) in [5.74, 6) is 0.693. The maximum Gasteiger partial charge on any atom is 0.235 e. The number of hydrogen-bond donors (Lipinski definition) is 0. The van der Waals surface area contributed by atoms with Crippen molar-refractivity contribution in [3.05, 3.63) is 139 Å². The summed E-state index contributed by atoms with van der Waals surface area (Å²) < 4.78 is 4.88. The van der Waals surface area contributed by atoms with Gasteiger partial charge in [0.25, 0.3) is 0 Å². The van der Waals surface area contributed by atoms with E-state index in [1.54, 1.807) is 0 Å². The van der Waals surface area contributed by atoms with Crippen molar-refractivity contribution in [2.45, 2.75) is 19.3 Å². The molecule has 0 saturated heterocycles. The summed E-state index contributed by atoms with van der Waals surface area (Å²) in [7, 11) is 0. The summed E-state index contributed by atoms with van der Waals surface area (Å²) in [6.45, 7) is 4.66. The molecule has 0 fully saturated rings. The molecule has 3 heterocycles. The molecular weight excluding hydrogens is 567 g/mol. The van der Waals surface area contributed by atoms with Gasteiger partial charge in [0.15, 0.2) is 0 Å². The van der Waals surface area contributed by atoms with Crippen LogP contribution in [0.2, 0.25) is 0 Å². The van der Waals surface area contributed by atoms with Gasteiger partial charge in [0.1, 0.15) is 0 Å². The van der Waals surface area contributed by atoms with Crippen LogP contribution < -0.4 is 0 Å². The first-order chi connectivity index (χ1) is 22.1. The molecule has 0 saturated carbocycles. The third-order valence-corrected chi connectivity index (χ3v) is 11.0. The number of thiophene rings is 1. The smallest absolute Gasteiger partial charge is 0.235 e. The molecule has 212 valence electrons. The van der Waals surface area contributed by atoms with E-state index < -0.39 is 0 Å². The molecule has 0 atom stereocenters. The van der Waals surface area contributed by atoms with E-state index in [0.717, 1.165) is 33.2 Å². The van der Waals surface area contributed by atoms with Crippen LogP contribution >= 0.6 is 11.3 Å². The molecule has 0 radical (unpaired) electrons. The zero-order valence-corrected chi connectivity index (χ0v) is 25.7. The van der Waals surface area contributed by atoms with Gasteiger partial charge in [-0.25, -0.2) is 9.97 Å². The molecule has 0 bridgehead atoms. The largest absolute Gasteiger partial charge is 0.278 e. The number of aromatic nitrogens is 3. The van der Waals surface area contributed by atoms with Crippen LogP contribution in [0.25, 0.3) is 81.2 Å². The number of benzene rings is 6. The van der Waals surface area contributed by atoms with E-state index in [9.17, 15) is 0 Å². The first kappa shape index (κ1) is 25.1. The molecule has 0 amide bonds. The highest BCUT2D eigenvalue weighted by molar-refractivity contribution is 7.26. The summed E-state index contributed by atoms with van der Waals surface area (Å²) in [5, 5.41) is 6.15. The number of hydrogen-bond acceptors (Lipinski definition) is 3. The monoisotopic (exact) mass is 593 g/mol. The lowest BCUT2D eigenvalue weighted by Gasteiger charge is -2.22. The van der Waals surface area contributed by atoms with Gasteiger partial charge in [-0.15, -0.1) is 11.3 Å². The average molecular weight is 594 g/mol. The Morgan fingerprint density at radius 2 is 1.31 bits per heavy atom. The van der Waals surface area contributed by atoms with Gasteiger partial charge in [0, 0.05) is 47.3 Å². The maximum atomic E-state index is 5.41. The molecule has 6 aromatic carbocycles. The second-order valence-electron chi connectivity index (χ2n) is 12.6. The standard InChI is InChI=1S/C41H27N3S/c1-41(2)31-15-7-3-11-25(31)26-20-19-24(23-32(26)41)38-29-13-4-8-16-33(29)42-40(43-38)44-34-17-9-5-14-30(34)37-35(44)22-21-28-27-12-6-10-18-36(27)45-39(28)37/h3-23H,1-2H3. The topological polar surface area (TPSA) is 30.7 Å². The summed E-state index contributed by atoms with van der Waals surface area (Å²) >= 11 is 1.87. The van der Waals surface area contributed by atoms with E-state index in [-0.39, 0.29) is 5.41 Å². The van der Waals surface area contributed by atoms with E-state index in [2.05, 4.69) is 146 Å². The second-order valence-corrected chi connectivity index (χ2v) is 13.7. The Labute approximate surface area is 264 Å². The predicted molar refractivity (Wildman–Crippen MR) is 190 cm³/mol. The minimum absolute atomic E-state index is 0.0872. The third-order valence-electron chi connectivity index (χ3n) is 9.83. The second kappa shape index (κ2) is 8.87. The Bertz CT molecular complexity index is 2690. The van der Waals surface area contributed by atoms with Gasteiger partial charge in [-0.2, -0.15) is 0 Å². The number of nitrogens with zero attached hydrogens (tertiary/aromatic N) is 3. The third kappa shape index (κ3) is 3.35. The van der Waals surface area contributed by atoms with Crippen LogP contribution in [0, 0.1) is 0 Å². The highest BCUT2D eigenvalue weighted by Crippen LogP contribution is 2.50. The van der Waals surface area contributed by atoms with Crippen molar-refractivity contribution in [1.29, 1.82) is 0 Å². The fourth-order valence-electron chi connectivity index (χ4n) is 7.69. The zero-order valence-electron chi connectivity index (χ0n) is 24.9. The van der Waals surface area contributed by atoms with Gasteiger partial charge in [-0.05, 0) is 52.6 Å². The van der Waals surface area contributed by atoms with E-state index in [1.807, 2.05) is 11.3 Å². The predicted octanol–water partition coefficient (Wildman–Crippen LogP) is 11.1. The molecule has 3 nitrogen and oxygen atoms in total. The lowest BCUT2D eigenvalue weighted by Crippen LogP contribution is -2.15. The molecule has 4 heteroatoms. The van der Waals surface area contributed by atoms with E-state index >= 15 is 0 Å². The van der Waals surface area contributed by atoms with E-state index in [1.165, 1.54) is 53.2 Å². The lowest BCUT2D eigenvalue weighted by atomic mass is 9.82. The van der Waals surface area contributed by atoms with Crippen molar-refractivity contribution < 1.29 is 0 Å². The summed E-state index contributed by atoms with van der Waals surface area (Å²) in [4.78, 5) is 10.6. The minimum atomic E-state index is -0.0872. The molecule has 45 heavy (non-hydrogen) atoms. The van der Waals surface area contributed by atoms with Crippen LogP contribution in [0.3, 0.4) is 0 Å². The Kier molecular flexibility index (Phi) is 4.94. The van der Waals surface area contributed by atoms with Gasteiger partial charge in [0.2, 0.25) is 5.95 Å².